The Labute approximate surface area is 99.0 Å². The van der Waals surface area contributed by atoms with E-state index < -0.39 is 4.92 Å². The summed E-state index contributed by atoms with van der Waals surface area (Å²) < 4.78 is 0. The highest BCUT2D eigenvalue weighted by atomic mass is 16.6. The van der Waals surface area contributed by atoms with E-state index in [4.69, 9.17) is 5.11 Å². The summed E-state index contributed by atoms with van der Waals surface area (Å²) in [5.74, 6) is 0.753. The van der Waals surface area contributed by atoms with Crippen molar-refractivity contribution in [3.05, 3.63) is 28.4 Å². The summed E-state index contributed by atoms with van der Waals surface area (Å²) in [4.78, 5) is 16.5. The summed E-state index contributed by atoms with van der Waals surface area (Å²) in [6, 6.07) is 3.04. The van der Waals surface area contributed by atoms with Crippen LogP contribution in [0.1, 0.15) is 12.8 Å². The highest BCUT2D eigenvalue weighted by Crippen LogP contribution is 2.28. The molecule has 1 aromatic heterocycles. The van der Waals surface area contributed by atoms with Gasteiger partial charge in [-0.3, -0.25) is 10.1 Å². The SMILES string of the molecule is O=[N+]([O-])c1cccnc1N1CCC(CO)CC1. The minimum absolute atomic E-state index is 0.0509. The largest absolute Gasteiger partial charge is 0.396 e. The molecule has 2 rings (SSSR count). The van der Waals surface area contributed by atoms with Crippen LogP contribution in [0.2, 0.25) is 0 Å². The first kappa shape index (κ1) is 11.8. The first-order chi connectivity index (χ1) is 8.22. The number of nitrogens with zero attached hydrogens (tertiary/aromatic N) is 3. The summed E-state index contributed by atoms with van der Waals surface area (Å²) in [5.41, 5.74) is 0.0509. The molecule has 92 valence electrons. The molecule has 2 heterocycles. The van der Waals surface area contributed by atoms with Gasteiger partial charge in [-0.15, -0.1) is 0 Å². The second kappa shape index (κ2) is 5.09. The van der Waals surface area contributed by atoms with Crippen LogP contribution in [0.15, 0.2) is 18.3 Å². The minimum Gasteiger partial charge on any atom is -0.396 e. The van der Waals surface area contributed by atoms with Crippen molar-refractivity contribution in [2.24, 2.45) is 5.92 Å². The van der Waals surface area contributed by atoms with E-state index in [1.54, 1.807) is 12.3 Å². The topological polar surface area (TPSA) is 79.5 Å². The lowest BCUT2D eigenvalue weighted by Gasteiger charge is -2.31. The lowest BCUT2D eigenvalue weighted by Crippen LogP contribution is -2.35. The molecule has 1 N–H and O–H groups in total. The maximum atomic E-state index is 10.9. The number of aromatic nitrogens is 1. The predicted molar refractivity (Wildman–Crippen MR) is 62.9 cm³/mol. The van der Waals surface area contributed by atoms with Gasteiger partial charge in [0, 0.05) is 32.0 Å². The van der Waals surface area contributed by atoms with Gasteiger partial charge < -0.3 is 10.0 Å². The summed E-state index contributed by atoms with van der Waals surface area (Å²) in [5, 5.41) is 19.9. The molecule has 0 radical (unpaired) electrons. The van der Waals surface area contributed by atoms with Gasteiger partial charge in [0.05, 0.1) is 4.92 Å². The van der Waals surface area contributed by atoms with E-state index in [2.05, 4.69) is 4.98 Å². The quantitative estimate of drug-likeness (QED) is 0.631. The van der Waals surface area contributed by atoms with Crippen LogP contribution in [0.3, 0.4) is 0 Å². The normalized spacial score (nSPS) is 17.1. The Hall–Kier alpha value is -1.69. The van der Waals surface area contributed by atoms with Gasteiger partial charge in [-0.1, -0.05) is 0 Å². The molecule has 0 amide bonds. The molecule has 0 atom stereocenters. The molecule has 0 aromatic carbocycles. The van der Waals surface area contributed by atoms with Crippen molar-refractivity contribution in [2.45, 2.75) is 12.8 Å². The third kappa shape index (κ3) is 2.52. The second-order valence-electron chi connectivity index (χ2n) is 4.22. The van der Waals surface area contributed by atoms with Gasteiger partial charge in [0.1, 0.15) is 0 Å². The van der Waals surface area contributed by atoms with Crippen molar-refractivity contribution in [1.29, 1.82) is 0 Å². The fourth-order valence-corrected chi connectivity index (χ4v) is 2.10. The van der Waals surface area contributed by atoms with Gasteiger partial charge in [0.2, 0.25) is 5.82 Å². The Morgan fingerprint density at radius 3 is 2.82 bits per heavy atom. The summed E-state index contributed by atoms with van der Waals surface area (Å²) >= 11 is 0. The maximum Gasteiger partial charge on any atom is 0.311 e. The van der Waals surface area contributed by atoms with Crippen LogP contribution >= 0.6 is 0 Å². The number of pyridine rings is 1. The van der Waals surface area contributed by atoms with E-state index in [1.165, 1.54) is 6.07 Å². The number of piperidine rings is 1. The Balaban J connectivity index is 2.15. The highest BCUT2D eigenvalue weighted by molar-refractivity contribution is 5.57. The second-order valence-corrected chi connectivity index (χ2v) is 4.22. The summed E-state index contributed by atoms with van der Waals surface area (Å²) in [7, 11) is 0. The number of nitro groups is 1. The number of hydrogen-bond donors (Lipinski definition) is 1. The van der Waals surface area contributed by atoms with Crippen molar-refractivity contribution in [1.82, 2.24) is 4.98 Å². The summed E-state index contributed by atoms with van der Waals surface area (Å²) in [6.07, 6.45) is 3.27. The third-order valence-electron chi connectivity index (χ3n) is 3.14. The molecule has 0 aliphatic carbocycles. The average Bonchev–Trinajstić information content (AvgIpc) is 2.39. The smallest absolute Gasteiger partial charge is 0.311 e. The number of aliphatic hydroxyl groups excluding tert-OH is 1. The molecule has 0 saturated carbocycles. The Bertz CT molecular complexity index is 403. The molecule has 1 fully saturated rings. The van der Waals surface area contributed by atoms with Gasteiger partial charge in [-0.25, -0.2) is 4.98 Å². The minimum atomic E-state index is -0.402. The predicted octanol–water partition coefficient (Wildman–Crippen LogP) is 1.20. The van der Waals surface area contributed by atoms with E-state index >= 15 is 0 Å². The van der Waals surface area contributed by atoms with Crippen LogP contribution in [0, 0.1) is 16.0 Å². The molecule has 0 bridgehead atoms. The first-order valence-corrected chi connectivity index (χ1v) is 5.67. The van der Waals surface area contributed by atoms with Crippen LogP contribution in [0.4, 0.5) is 11.5 Å². The third-order valence-corrected chi connectivity index (χ3v) is 3.14. The Morgan fingerprint density at radius 2 is 2.24 bits per heavy atom. The number of aliphatic hydroxyl groups is 1. The molecule has 1 aliphatic heterocycles. The van der Waals surface area contributed by atoms with Crippen LogP contribution in [-0.4, -0.2) is 34.7 Å². The zero-order valence-electron chi connectivity index (χ0n) is 9.45. The molecule has 0 unspecified atom stereocenters. The lowest BCUT2D eigenvalue weighted by atomic mass is 9.98. The van der Waals surface area contributed by atoms with Crippen molar-refractivity contribution in [2.75, 3.05) is 24.6 Å². The molecule has 1 saturated heterocycles. The Morgan fingerprint density at radius 1 is 1.53 bits per heavy atom. The average molecular weight is 237 g/mol. The monoisotopic (exact) mass is 237 g/mol. The number of rotatable bonds is 3. The van der Waals surface area contributed by atoms with E-state index in [0.29, 0.717) is 24.8 Å². The number of anilines is 1. The first-order valence-electron chi connectivity index (χ1n) is 5.67. The lowest BCUT2D eigenvalue weighted by molar-refractivity contribution is -0.384. The van der Waals surface area contributed by atoms with E-state index in [9.17, 15) is 10.1 Å². The van der Waals surface area contributed by atoms with Gasteiger partial charge in [-0.05, 0) is 24.8 Å². The van der Waals surface area contributed by atoms with Crippen molar-refractivity contribution in [3.63, 3.8) is 0 Å². The molecule has 17 heavy (non-hydrogen) atoms. The van der Waals surface area contributed by atoms with Crippen LogP contribution in [0.5, 0.6) is 0 Å². The van der Waals surface area contributed by atoms with Gasteiger partial charge in [-0.2, -0.15) is 0 Å². The molecule has 6 nitrogen and oxygen atoms in total. The van der Waals surface area contributed by atoms with E-state index in [-0.39, 0.29) is 12.3 Å². The van der Waals surface area contributed by atoms with Crippen molar-refractivity contribution in [3.8, 4) is 0 Å². The molecule has 1 aliphatic rings. The molecule has 6 heteroatoms. The molecule has 1 aromatic rings. The van der Waals surface area contributed by atoms with Gasteiger partial charge in [0.25, 0.3) is 0 Å². The summed E-state index contributed by atoms with van der Waals surface area (Å²) in [6.45, 7) is 1.62. The maximum absolute atomic E-state index is 10.9. The van der Waals surface area contributed by atoms with Crippen LogP contribution in [-0.2, 0) is 0 Å². The van der Waals surface area contributed by atoms with E-state index in [0.717, 1.165) is 12.8 Å². The molecular formula is C11H15N3O3. The van der Waals surface area contributed by atoms with Crippen molar-refractivity contribution < 1.29 is 10.0 Å². The van der Waals surface area contributed by atoms with E-state index in [1.807, 2.05) is 4.90 Å². The number of hydrogen-bond acceptors (Lipinski definition) is 5. The van der Waals surface area contributed by atoms with Crippen molar-refractivity contribution >= 4 is 11.5 Å². The van der Waals surface area contributed by atoms with Crippen LogP contribution in [0.25, 0.3) is 0 Å². The Kier molecular flexibility index (Phi) is 3.53. The zero-order chi connectivity index (χ0) is 12.3. The molecular weight excluding hydrogens is 222 g/mol. The van der Waals surface area contributed by atoms with Gasteiger partial charge >= 0.3 is 5.69 Å². The zero-order valence-corrected chi connectivity index (χ0v) is 9.45. The standard InChI is InChI=1S/C11H15N3O3/c15-8-9-3-6-13(7-4-9)11-10(14(16)17)2-1-5-12-11/h1-2,5,9,15H,3-4,6-8H2. The van der Waals surface area contributed by atoms with Crippen LogP contribution < -0.4 is 4.90 Å². The fourth-order valence-electron chi connectivity index (χ4n) is 2.10. The van der Waals surface area contributed by atoms with Gasteiger partial charge in [0.15, 0.2) is 0 Å². The highest BCUT2D eigenvalue weighted by Gasteiger charge is 2.25. The molecule has 0 spiro atoms. The fraction of sp³-hybridized carbons (Fsp3) is 0.545.